The van der Waals surface area contributed by atoms with E-state index in [1.165, 1.54) is 23.8 Å². The van der Waals surface area contributed by atoms with Crippen LogP contribution in [-0.4, -0.2) is 53.9 Å². The first-order valence-electron chi connectivity index (χ1n) is 10.8. The van der Waals surface area contributed by atoms with Gasteiger partial charge in [-0.15, -0.1) is 0 Å². The molecule has 10 heteroatoms. The quantitative estimate of drug-likeness (QED) is 0.239. The van der Waals surface area contributed by atoms with Gasteiger partial charge in [0.15, 0.2) is 18.5 Å². The van der Waals surface area contributed by atoms with Crippen molar-refractivity contribution in [3.63, 3.8) is 0 Å². The van der Waals surface area contributed by atoms with E-state index in [-0.39, 0.29) is 24.2 Å². The maximum atomic E-state index is 12.0. The maximum Gasteiger partial charge on any atom is 0.341 e. The van der Waals surface area contributed by atoms with Crippen molar-refractivity contribution in [2.75, 3.05) is 6.61 Å². The Morgan fingerprint density at radius 2 is 1.85 bits per heavy atom. The molecule has 2 rings (SSSR count). The fraction of sp³-hybridized carbons (Fsp3) is 0.522. The van der Waals surface area contributed by atoms with Gasteiger partial charge in [-0.2, -0.15) is 4.57 Å². The number of carbonyl (C=O) groups is 4. The molecule has 4 atom stereocenters. The number of aromatic carboxylic acids is 1. The summed E-state index contributed by atoms with van der Waals surface area (Å²) in [6, 6.07) is 2.97. The molecular weight excluding hydrogens is 434 g/mol. The zero-order chi connectivity index (χ0) is 24.5. The van der Waals surface area contributed by atoms with E-state index in [0.717, 1.165) is 12.2 Å². The lowest BCUT2D eigenvalue weighted by Crippen LogP contribution is -2.46. The molecule has 0 spiro atoms. The van der Waals surface area contributed by atoms with Gasteiger partial charge in [0.25, 0.3) is 0 Å². The molecule has 1 aliphatic rings. The lowest BCUT2D eigenvalue weighted by Gasteiger charge is -2.17. The predicted molar refractivity (Wildman–Crippen MR) is 113 cm³/mol. The van der Waals surface area contributed by atoms with Crippen molar-refractivity contribution in [1.29, 1.82) is 0 Å². The Balaban J connectivity index is 2.04. The molecule has 1 fully saturated rings. The Bertz CT molecular complexity index is 894. The Kier molecular flexibility index (Phi) is 9.53. The summed E-state index contributed by atoms with van der Waals surface area (Å²) in [5.41, 5.74) is 0.0376. The SMILES string of the molecule is CCC(CC)OC(=O)/C=C/C(=O)OC[C@H]1O[C@@H]([n+]2cccc(C(=O)O)c2)[C@H](OC(C)=O)[C@@H]1C. The van der Waals surface area contributed by atoms with Crippen molar-refractivity contribution in [3.8, 4) is 0 Å². The van der Waals surface area contributed by atoms with Crippen LogP contribution < -0.4 is 4.57 Å². The summed E-state index contributed by atoms with van der Waals surface area (Å²) in [5.74, 6) is -3.38. The molecular formula is C23H30NO9+. The molecule has 1 aromatic heterocycles. The highest BCUT2D eigenvalue weighted by Crippen LogP contribution is 2.33. The molecule has 180 valence electrons. The van der Waals surface area contributed by atoms with Crippen LogP contribution in [0.1, 0.15) is 57.1 Å². The minimum Gasteiger partial charge on any atom is -0.477 e. The number of carbonyl (C=O) groups excluding carboxylic acids is 3. The number of esters is 3. The van der Waals surface area contributed by atoms with Gasteiger partial charge in [-0.05, 0) is 18.9 Å². The summed E-state index contributed by atoms with van der Waals surface area (Å²) in [5, 5.41) is 9.24. The van der Waals surface area contributed by atoms with Crippen molar-refractivity contribution >= 4 is 23.9 Å². The first kappa shape index (κ1) is 26.0. The third-order valence-corrected chi connectivity index (χ3v) is 5.30. The van der Waals surface area contributed by atoms with Gasteiger partial charge in [0.2, 0.25) is 0 Å². The van der Waals surface area contributed by atoms with Crippen molar-refractivity contribution in [2.24, 2.45) is 5.92 Å². The van der Waals surface area contributed by atoms with E-state index < -0.39 is 42.3 Å². The van der Waals surface area contributed by atoms with E-state index >= 15 is 0 Å². The molecule has 0 amide bonds. The number of ether oxygens (including phenoxy) is 4. The normalized spacial score (nSPS) is 22.3. The summed E-state index contributed by atoms with van der Waals surface area (Å²) in [7, 11) is 0. The van der Waals surface area contributed by atoms with Crippen molar-refractivity contribution < 1.29 is 47.8 Å². The minimum atomic E-state index is -1.11. The van der Waals surface area contributed by atoms with E-state index in [4.69, 9.17) is 18.9 Å². The van der Waals surface area contributed by atoms with Crippen LogP contribution in [0.25, 0.3) is 0 Å². The average molecular weight is 464 g/mol. The monoisotopic (exact) mass is 464 g/mol. The lowest BCUT2D eigenvalue weighted by atomic mass is 10.0. The second-order valence-electron chi connectivity index (χ2n) is 7.68. The van der Waals surface area contributed by atoms with Crippen molar-refractivity contribution in [3.05, 3.63) is 42.2 Å². The molecule has 33 heavy (non-hydrogen) atoms. The fourth-order valence-corrected chi connectivity index (χ4v) is 3.42. The Morgan fingerprint density at radius 3 is 2.45 bits per heavy atom. The summed E-state index contributed by atoms with van der Waals surface area (Å²) in [6.45, 7) is 6.68. The number of carboxylic acids is 1. The predicted octanol–water partition coefficient (Wildman–Crippen LogP) is 1.97. The summed E-state index contributed by atoms with van der Waals surface area (Å²) < 4.78 is 23.3. The van der Waals surface area contributed by atoms with Crippen LogP contribution in [-0.2, 0) is 33.3 Å². The second-order valence-corrected chi connectivity index (χ2v) is 7.68. The average Bonchev–Trinajstić information content (AvgIpc) is 3.09. The fourth-order valence-electron chi connectivity index (χ4n) is 3.42. The third kappa shape index (κ3) is 7.38. The largest absolute Gasteiger partial charge is 0.477 e. The molecule has 1 saturated heterocycles. The van der Waals surface area contributed by atoms with Gasteiger partial charge in [0.05, 0.1) is 0 Å². The first-order valence-corrected chi connectivity index (χ1v) is 10.8. The number of nitrogens with zero attached hydrogens (tertiary/aromatic N) is 1. The molecule has 0 aliphatic carbocycles. The molecule has 0 radical (unpaired) electrons. The van der Waals surface area contributed by atoms with Gasteiger partial charge >= 0.3 is 30.1 Å². The maximum absolute atomic E-state index is 12.0. The van der Waals surface area contributed by atoms with Gasteiger partial charge in [-0.1, -0.05) is 20.8 Å². The second kappa shape index (κ2) is 12.1. The number of pyridine rings is 1. The Morgan fingerprint density at radius 1 is 1.18 bits per heavy atom. The smallest absolute Gasteiger partial charge is 0.341 e. The number of hydrogen-bond donors (Lipinski definition) is 1. The van der Waals surface area contributed by atoms with E-state index in [1.807, 2.05) is 13.8 Å². The Labute approximate surface area is 192 Å². The molecule has 1 N–H and O–H groups in total. The first-order chi connectivity index (χ1) is 15.7. The number of aromatic nitrogens is 1. The van der Waals surface area contributed by atoms with E-state index in [1.54, 1.807) is 19.2 Å². The highest BCUT2D eigenvalue weighted by atomic mass is 16.6. The molecule has 1 aromatic rings. The van der Waals surface area contributed by atoms with Gasteiger partial charge in [-0.25, -0.2) is 14.4 Å². The van der Waals surface area contributed by atoms with Crippen molar-refractivity contribution in [1.82, 2.24) is 0 Å². The Hall–Kier alpha value is -3.27. The van der Waals surface area contributed by atoms with Crippen LogP contribution in [0.3, 0.4) is 0 Å². The van der Waals surface area contributed by atoms with Crippen LogP contribution in [0.2, 0.25) is 0 Å². The topological polar surface area (TPSA) is 129 Å². The summed E-state index contributed by atoms with van der Waals surface area (Å²) in [4.78, 5) is 46.7. The molecule has 0 bridgehead atoms. The van der Waals surface area contributed by atoms with E-state index in [2.05, 4.69) is 0 Å². The van der Waals surface area contributed by atoms with Crippen molar-refractivity contribution in [2.45, 2.75) is 65.1 Å². The third-order valence-electron chi connectivity index (χ3n) is 5.30. The number of rotatable bonds is 10. The van der Waals surface area contributed by atoms with Crippen LogP contribution in [0.4, 0.5) is 0 Å². The zero-order valence-corrected chi connectivity index (χ0v) is 19.1. The van der Waals surface area contributed by atoms with Gasteiger partial charge in [0.1, 0.15) is 24.4 Å². The molecule has 0 aromatic carbocycles. The van der Waals surface area contributed by atoms with Crippen LogP contribution in [0.15, 0.2) is 36.7 Å². The highest BCUT2D eigenvalue weighted by Gasteiger charge is 2.50. The summed E-state index contributed by atoms with van der Waals surface area (Å²) in [6.07, 6.45) is 3.94. The molecule has 10 nitrogen and oxygen atoms in total. The highest BCUT2D eigenvalue weighted by molar-refractivity contribution is 5.91. The van der Waals surface area contributed by atoms with Crippen LogP contribution >= 0.6 is 0 Å². The standard InChI is InChI=1S/C23H29NO9/c1-5-17(6-2)32-20(27)10-9-19(26)30-13-18-14(3)21(31-15(4)25)22(33-18)24-11-7-8-16(12-24)23(28)29/h7-12,14,17-18,21-22H,5-6,13H2,1-4H3/p+1/b10-9+/t14-,18-,21-,22-/m1/s1. The molecule has 1 aliphatic heterocycles. The molecule has 2 heterocycles. The lowest BCUT2D eigenvalue weighted by molar-refractivity contribution is -0.765. The zero-order valence-electron chi connectivity index (χ0n) is 19.1. The van der Waals surface area contributed by atoms with Gasteiger partial charge in [0, 0.05) is 31.1 Å². The number of hydrogen-bond acceptors (Lipinski definition) is 8. The number of carboxylic acid groups (broad SMARTS) is 1. The van der Waals surface area contributed by atoms with Crippen LogP contribution in [0.5, 0.6) is 0 Å². The molecule has 0 saturated carbocycles. The van der Waals surface area contributed by atoms with E-state index in [0.29, 0.717) is 12.8 Å². The summed E-state index contributed by atoms with van der Waals surface area (Å²) >= 11 is 0. The van der Waals surface area contributed by atoms with E-state index in [9.17, 15) is 24.3 Å². The van der Waals surface area contributed by atoms with Crippen LogP contribution in [0, 0.1) is 5.92 Å². The van der Waals surface area contributed by atoms with Gasteiger partial charge in [-0.3, -0.25) is 4.79 Å². The molecule has 0 unspecified atom stereocenters. The minimum absolute atomic E-state index is 0.0376. The van der Waals surface area contributed by atoms with Gasteiger partial charge < -0.3 is 24.1 Å².